The summed E-state index contributed by atoms with van der Waals surface area (Å²) >= 11 is 0. The molecule has 196 valence electrons. The standard InChI is InChI=1S/C26H28N8O4/c1-16-21(37-18-7-5-6-17(14-18)25(35)36)10-9-19(30-16)24-20(34(2)33-32-24)15-29-26-28-13-11-23(31-26)38-22-8-3-4-12-27-22/h3-4,8-13,17-18H,5-7,14-15H2,1-2H3,(H,35,36)(H,28,29,31)/t17-,18-/m0/s1. The van der Waals surface area contributed by atoms with E-state index in [9.17, 15) is 9.90 Å². The van der Waals surface area contributed by atoms with Crippen molar-refractivity contribution in [2.45, 2.75) is 45.3 Å². The van der Waals surface area contributed by atoms with Crippen molar-refractivity contribution >= 4 is 11.9 Å². The summed E-state index contributed by atoms with van der Waals surface area (Å²) in [5, 5.41) is 21.0. The molecule has 1 saturated carbocycles. The predicted molar refractivity (Wildman–Crippen MR) is 137 cm³/mol. The molecule has 12 heteroatoms. The van der Waals surface area contributed by atoms with E-state index in [1.807, 2.05) is 31.2 Å². The minimum atomic E-state index is -0.759. The first-order valence-electron chi connectivity index (χ1n) is 12.4. The van der Waals surface area contributed by atoms with Crippen molar-refractivity contribution in [1.82, 2.24) is 34.9 Å². The summed E-state index contributed by atoms with van der Waals surface area (Å²) in [4.78, 5) is 28.9. The number of nitrogens with one attached hydrogen (secondary N) is 1. The lowest BCUT2D eigenvalue weighted by Gasteiger charge is -2.27. The number of rotatable bonds is 9. The van der Waals surface area contributed by atoms with Crippen LogP contribution < -0.4 is 14.8 Å². The van der Waals surface area contributed by atoms with Crippen LogP contribution in [0.4, 0.5) is 5.95 Å². The number of carboxylic acid groups (broad SMARTS) is 1. The maximum atomic E-state index is 11.4. The molecule has 0 aromatic carbocycles. The van der Waals surface area contributed by atoms with E-state index in [1.54, 1.807) is 36.3 Å². The number of aliphatic carboxylic acids is 1. The van der Waals surface area contributed by atoms with Crippen molar-refractivity contribution in [1.29, 1.82) is 0 Å². The molecule has 5 rings (SSSR count). The Kier molecular flexibility index (Phi) is 7.38. The molecule has 0 amide bonds. The molecule has 4 heterocycles. The number of pyridine rings is 2. The van der Waals surface area contributed by atoms with Gasteiger partial charge in [-0.05, 0) is 50.8 Å². The highest BCUT2D eigenvalue weighted by Gasteiger charge is 2.28. The van der Waals surface area contributed by atoms with E-state index in [2.05, 4.69) is 30.6 Å². The molecule has 4 aromatic rings. The molecule has 1 aliphatic carbocycles. The Labute approximate surface area is 219 Å². The molecule has 2 N–H and O–H groups in total. The fourth-order valence-electron chi connectivity index (χ4n) is 4.40. The van der Waals surface area contributed by atoms with Crippen LogP contribution in [0.25, 0.3) is 11.4 Å². The first-order valence-corrected chi connectivity index (χ1v) is 12.4. The van der Waals surface area contributed by atoms with Gasteiger partial charge in [-0.1, -0.05) is 11.3 Å². The summed E-state index contributed by atoms with van der Waals surface area (Å²) in [6, 6.07) is 10.7. The van der Waals surface area contributed by atoms with Crippen molar-refractivity contribution in [3.05, 3.63) is 60.2 Å². The van der Waals surface area contributed by atoms with Crippen molar-refractivity contribution in [2.75, 3.05) is 5.32 Å². The minimum Gasteiger partial charge on any atom is -0.489 e. The number of hydrogen-bond donors (Lipinski definition) is 2. The fourth-order valence-corrected chi connectivity index (χ4v) is 4.40. The predicted octanol–water partition coefficient (Wildman–Crippen LogP) is 3.80. The van der Waals surface area contributed by atoms with Gasteiger partial charge in [0.2, 0.25) is 17.7 Å². The van der Waals surface area contributed by atoms with Gasteiger partial charge in [0, 0.05) is 31.6 Å². The normalized spacial score (nSPS) is 17.1. The average Bonchev–Trinajstić information content (AvgIpc) is 3.29. The van der Waals surface area contributed by atoms with E-state index in [1.165, 1.54) is 0 Å². The maximum absolute atomic E-state index is 11.4. The number of hydrogen-bond acceptors (Lipinski definition) is 10. The zero-order chi connectivity index (χ0) is 26.5. The van der Waals surface area contributed by atoms with Crippen LogP contribution in [0.15, 0.2) is 48.8 Å². The molecule has 0 bridgehead atoms. The molecule has 12 nitrogen and oxygen atoms in total. The molecule has 38 heavy (non-hydrogen) atoms. The summed E-state index contributed by atoms with van der Waals surface area (Å²) in [5.41, 5.74) is 2.77. The highest BCUT2D eigenvalue weighted by Crippen LogP contribution is 2.30. The van der Waals surface area contributed by atoms with Gasteiger partial charge in [-0.25, -0.2) is 19.6 Å². The van der Waals surface area contributed by atoms with Crippen molar-refractivity contribution in [3.8, 4) is 28.9 Å². The second-order valence-electron chi connectivity index (χ2n) is 9.07. The molecule has 0 aliphatic heterocycles. The Balaban J connectivity index is 1.27. The van der Waals surface area contributed by atoms with Gasteiger partial charge in [0.05, 0.1) is 35.6 Å². The lowest BCUT2D eigenvalue weighted by molar-refractivity contribution is -0.143. The molecular weight excluding hydrogens is 488 g/mol. The number of aromatic nitrogens is 7. The number of anilines is 1. The van der Waals surface area contributed by atoms with E-state index in [-0.39, 0.29) is 12.0 Å². The van der Waals surface area contributed by atoms with Crippen LogP contribution in [0.5, 0.6) is 17.5 Å². The topological polar surface area (TPSA) is 150 Å². The number of nitrogens with zero attached hydrogens (tertiary/aromatic N) is 7. The smallest absolute Gasteiger partial charge is 0.306 e. The van der Waals surface area contributed by atoms with E-state index < -0.39 is 5.97 Å². The van der Waals surface area contributed by atoms with Gasteiger partial charge >= 0.3 is 5.97 Å². The average molecular weight is 517 g/mol. The third-order valence-corrected chi connectivity index (χ3v) is 6.38. The van der Waals surface area contributed by atoms with E-state index in [0.717, 1.165) is 18.5 Å². The first-order chi connectivity index (χ1) is 18.5. The number of ether oxygens (including phenoxy) is 2. The zero-order valence-corrected chi connectivity index (χ0v) is 21.1. The summed E-state index contributed by atoms with van der Waals surface area (Å²) in [5.74, 6) is 0.712. The second-order valence-corrected chi connectivity index (χ2v) is 9.07. The molecule has 0 unspecified atom stereocenters. The van der Waals surface area contributed by atoms with Crippen LogP contribution in [-0.2, 0) is 18.4 Å². The highest BCUT2D eigenvalue weighted by molar-refractivity contribution is 5.70. The van der Waals surface area contributed by atoms with Crippen LogP contribution >= 0.6 is 0 Å². The molecule has 1 fully saturated rings. The van der Waals surface area contributed by atoms with E-state index in [4.69, 9.17) is 14.5 Å². The summed E-state index contributed by atoms with van der Waals surface area (Å²) < 4.78 is 13.5. The zero-order valence-electron chi connectivity index (χ0n) is 21.1. The van der Waals surface area contributed by atoms with Crippen LogP contribution in [0.2, 0.25) is 0 Å². The van der Waals surface area contributed by atoms with Crippen molar-refractivity contribution in [3.63, 3.8) is 0 Å². The SMILES string of the molecule is Cc1nc(-c2nnn(C)c2CNc2nccc(Oc3ccccn3)n2)ccc1O[C@H]1CCC[C@H](C(=O)O)C1. The summed E-state index contributed by atoms with van der Waals surface area (Å²) in [6.45, 7) is 2.22. The quantitative estimate of drug-likeness (QED) is 0.334. The molecule has 4 aromatic heterocycles. The largest absolute Gasteiger partial charge is 0.489 e. The molecular formula is C26H28N8O4. The Morgan fingerprint density at radius 2 is 2.00 bits per heavy atom. The maximum Gasteiger partial charge on any atom is 0.306 e. The second kappa shape index (κ2) is 11.2. The third-order valence-electron chi connectivity index (χ3n) is 6.38. The Morgan fingerprint density at radius 3 is 2.79 bits per heavy atom. The monoisotopic (exact) mass is 516 g/mol. The van der Waals surface area contributed by atoms with Gasteiger partial charge < -0.3 is 19.9 Å². The lowest BCUT2D eigenvalue weighted by Crippen LogP contribution is -2.29. The first kappa shape index (κ1) is 25.1. The lowest BCUT2D eigenvalue weighted by atomic mass is 9.87. The highest BCUT2D eigenvalue weighted by atomic mass is 16.5. The van der Waals surface area contributed by atoms with Gasteiger partial charge in [0.15, 0.2) is 0 Å². The molecule has 2 atom stereocenters. The van der Waals surface area contributed by atoms with Crippen LogP contribution in [0.1, 0.15) is 37.1 Å². The van der Waals surface area contributed by atoms with Gasteiger partial charge in [0.1, 0.15) is 11.4 Å². The van der Waals surface area contributed by atoms with Crippen LogP contribution in [0, 0.1) is 12.8 Å². The molecule has 0 saturated heterocycles. The summed E-state index contributed by atoms with van der Waals surface area (Å²) in [6.07, 6.45) is 5.99. The van der Waals surface area contributed by atoms with Crippen molar-refractivity contribution in [2.24, 2.45) is 13.0 Å². The van der Waals surface area contributed by atoms with Gasteiger partial charge in [-0.15, -0.1) is 5.10 Å². The van der Waals surface area contributed by atoms with Crippen LogP contribution in [0.3, 0.4) is 0 Å². The number of carbonyl (C=O) groups is 1. The summed E-state index contributed by atoms with van der Waals surface area (Å²) in [7, 11) is 1.81. The minimum absolute atomic E-state index is 0.134. The van der Waals surface area contributed by atoms with E-state index >= 15 is 0 Å². The Hall–Kier alpha value is -4.61. The van der Waals surface area contributed by atoms with Gasteiger partial charge in [-0.3, -0.25) is 4.79 Å². The fraction of sp³-hybridized carbons (Fsp3) is 0.346. The number of carboxylic acids is 1. The number of aryl methyl sites for hydroxylation is 2. The molecule has 0 spiro atoms. The van der Waals surface area contributed by atoms with E-state index in [0.29, 0.717) is 59.9 Å². The van der Waals surface area contributed by atoms with Crippen molar-refractivity contribution < 1.29 is 19.4 Å². The third kappa shape index (κ3) is 5.85. The molecule has 0 radical (unpaired) electrons. The van der Waals surface area contributed by atoms with Gasteiger partial charge in [0.25, 0.3) is 0 Å². The molecule has 1 aliphatic rings. The van der Waals surface area contributed by atoms with Crippen LogP contribution in [-0.4, -0.2) is 52.1 Å². The van der Waals surface area contributed by atoms with Gasteiger partial charge in [-0.2, -0.15) is 4.98 Å². The Morgan fingerprint density at radius 1 is 1.11 bits per heavy atom. The Bertz CT molecular complexity index is 1410.